The topological polar surface area (TPSA) is 228 Å². The largest absolute Gasteiger partial charge is 1.00 e. The molecule has 0 aliphatic carbocycles. The van der Waals surface area contributed by atoms with Crippen LogP contribution in [0.1, 0.15) is 26.7 Å². The number of carbonyl (C=O) groups excluding carboxylic acids is 2. The van der Waals surface area contributed by atoms with E-state index in [-0.39, 0.29) is 74.5 Å². The number of hydrogen-bond donors (Lipinski definition) is 3. The number of methoxy groups -OCH3 is 2. The van der Waals surface area contributed by atoms with Gasteiger partial charge in [-0.3, -0.25) is 4.79 Å². The average molecular weight is 736 g/mol. The Morgan fingerprint density at radius 3 is 2.33 bits per heavy atom. The molecule has 3 aromatic rings. The standard InChI is InChI=1S/C14H14IN5O6S.C6H4Cl2N2O2.Na/c1-7-16-12(19-14(17-7)26-3)18-13(22)20-27(23,24)10-6-8(15)4-5-9(10)11(21)25-2;7-3-1-2(9)4(8)5(10-3)6(11)12;/h4-6H,1-3H3,(H2,16,17,18,19,20,22);1H,(H2,9,10)(H,11,12);/q;;+1/p-1. The second-order valence-electron chi connectivity index (χ2n) is 6.82. The molecule has 0 spiro atoms. The quantitative estimate of drug-likeness (QED) is 0.136. The number of aromatic carboxylic acids is 1. The van der Waals surface area contributed by atoms with E-state index in [0.717, 1.165) is 7.11 Å². The zero-order chi connectivity index (χ0) is 29.5. The van der Waals surface area contributed by atoms with Gasteiger partial charge in [0.1, 0.15) is 11.0 Å². The van der Waals surface area contributed by atoms with Gasteiger partial charge < -0.3 is 30.4 Å². The van der Waals surface area contributed by atoms with Crippen LogP contribution >= 0.6 is 45.8 Å². The van der Waals surface area contributed by atoms with Crippen molar-refractivity contribution in [2.24, 2.45) is 0 Å². The fourth-order valence-corrected chi connectivity index (χ4v) is 4.68. The summed E-state index contributed by atoms with van der Waals surface area (Å²) in [6, 6.07) is 3.97. The van der Waals surface area contributed by atoms with Crippen LogP contribution in [0.2, 0.25) is 10.2 Å². The number of nitrogens with two attached hydrogens (primary N) is 1. The van der Waals surface area contributed by atoms with Gasteiger partial charge in [0.15, 0.2) is 17.7 Å². The van der Waals surface area contributed by atoms with Crippen molar-refractivity contribution in [3.63, 3.8) is 0 Å². The Bertz CT molecular complexity index is 1550. The molecule has 0 aliphatic heterocycles. The number of amides is 2. The number of hydrogen-bond acceptors (Lipinski definition) is 12. The van der Waals surface area contributed by atoms with Crippen LogP contribution in [-0.2, 0) is 14.8 Å². The molecule has 0 saturated heterocycles. The number of aryl methyl sites for hydroxylation is 1. The maximum absolute atomic E-state index is 12.5. The third kappa shape index (κ3) is 9.82. The molecule has 0 atom stereocenters. The molecule has 2 aromatic heterocycles. The van der Waals surface area contributed by atoms with E-state index < -0.39 is 32.9 Å². The molecule has 0 saturated carbocycles. The van der Waals surface area contributed by atoms with Crippen molar-refractivity contribution in [2.45, 2.75) is 11.8 Å². The molecule has 2 amide bonds. The number of carboxylic acids is 1. The Hall–Kier alpha value is -2.55. The number of ether oxygens (including phenoxy) is 2. The predicted molar refractivity (Wildman–Crippen MR) is 147 cm³/mol. The fraction of sp³-hybridized carbons (Fsp3) is 0.150. The van der Waals surface area contributed by atoms with Gasteiger partial charge in [-0.1, -0.05) is 23.2 Å². The molecule has 0 aliphatic rings. The Morgan fingerprint density at radius 1 is 1.10 bits per heavy atom. The summed E-state index contributed by atoms with van der Waals surface area (Å²) in [5.74, 6) is -2.13. The Labute approximate surface area is 273 Å². The van der Waals surface area contributed by atoms with Gasteiger partial charge in [-0.25, -0.2) is 28.0 Å². The third-order valence-electron chi connectivity index (χ3n) is 4.12. The van der Waals surface area contributed by atoms with Crippen molar-refractivity contribution < 1.29 is 66.9 Å². The van der Waals surface area contributed by atoms with Gasteiger partial charge in [-0.15, -0.1) is 0 Å². The van der Waals surface area contributed by atoms with Crippen LogP contribution in [0.25, 0.3) is 4.72 Å². The summed E-state index contributed by atoms with van der Waals surface area (Å²) >= 11 is 12.8. The van der Waals surface area contributed by atoms with Crippen LogP contribution < -0.4 is 45.3 Å². The fourth-order valence-electron chi connectivity index (χ4n) is 2.53. The molecule has 0 bridgehead atoms. The number of carbonyl (C=O) groups is 3. The van der Waals surface area contributed by atoms with E-state index in [1.807, 2.05) is 22.6 Å². The van der Waals surface area contributed by atoms with Crippen molar-refractivity contribution in [2.75, 3.05) is 25.3 Å². The van der Waals surface area contributed by atoms with E-state index in [1.165, 1.54) is 38.3 Å². The van der Waals surface area contributed by atoms with Crippen molar-refractivity contribution in [3.8, 4) is 6.01 Å². The van der Waals surface area contributed by atoms with Crippen LogP contribution in [0.5, 0.6) is 6.01 Å². The first kappa shape index (κ1) is 35.5. The predicted octanol–water partition coefficient (Wildman–Crippen LogP) is 0.547. The number of nitrogens with one attached hydrogen (secondary N) is 1. The van der Waals surface area contributed by atoms with Crippen LogP contribution in [0.3, 0.4) is 0 Å². The van der Waals surface area contributed by atoms with Crippen molar-refractivity contribution in [1.82, 2.24) is 19.9 Å². The molecule has 3 rings (SSSR count). The summed E-state index contributed by atoms with van der Waals surface area (Å²) in [7, 11) is -2.08. The minimum Gasteiger partial charge on any atom is -0.476 e. The number of halogens is 3. The van der Waals surface area contributed by atoms with Gasteiger partial charge in [-0.2, -0.15) is 9.97 Å². The monoisotopic (exact) mass is 735 g/mol. The van der Waals surface area contributed by atoms with E-state index in [4.69, 9.17) is 38.8 Å². The zero-order valence-electron chi connectivity index (χ0n) is 21.0. The van der Waals surface area contributed by atoms with Gasteiger partial charge in [-0.05, 0) is 53.8 Å². The molecule has 0 fully saturated rings. The minimum absolute atomic E-state index is 0. The molecule has 20 heteroatoms. The maximum Gasteiger partial charge on any atom is 1.00 e. The molecular weight excluding hydrogens is 719 g/mol. The third-order valence-corrected chi connectivity index (χ3v) is 6.68. The van der Waals surface area contributed by atoms with E-state index in [9.17, 15) is 22.8 Å². The molecular formula is C20H17Cl2IN7NaO8S. The molecule has 208 valence electrons. The van der Waals surface area contributed by atoms with E-state index in [0.29, 0.717) is 3.57 Å². The molecule has 15 nitrogen and oxygen atoms in total. The number of esters is 1. The number of aromatic nitrogens is 4. The summed E-state index contributed by atoms with van der Waals surface area (Å²) in [5, 5.41) is 10.6. The van der Waals surface area contributed by atoms with Crippen LogP contribution in [0.4, 0.5) is 16.4 Å². The molecule has 4 N–H and O–H groups in total. The molecule has 2 heterocycles. The number of sulfonamides is 1. The molecule has 0 radical (unpaired) electrons. The zero-order valence-corrected chi connectivity index (χ0v) is 27.5. The Morgan fingerprint density at radius 2 is 1.75 bits per heavy atom. The van der Waals surface area contributed by atoms with Gasteiger partial charge in [0, 0.05) is 3.57 Å². The summed E-state index contributed by atoms with van der Waals surface area (Å²) in [6.45, 7) is 1.53. The first-order chi connectivity index (χ1) is 18.2. The molecule has 40 heavy (non-hydrogen) atoms. The van der Waals surface area contributed by atoms with Crippen molar-refractivity contribution in [3.05, 3.63) is 59.8 Å². The summed E-state index contributed by atoms with van der Waals surface area (Å²) in [6.07, 6.45) is 0. The van der Waals surface area contributed by atoms with Crippen molar-refractivity contribution >= 4 is 85.4 Å². The second-order valence-corrected chi connectivity index (χ2v) is 10.4. The van der Waals surface area contributed by atoms with Gasteiger partial charge >= 0.3 is 47.5 Å². The number of anilines is 2. The molecule has 1 aromatic carbocycles. The number of pyridine rings is 1. The first-order valence-electron chi connectivity index (χ1n) is 9.96. The molecule has 0 unspecified atom stereocenters. The number of urea groups is 1. The van der Waals surface area contributed by atoms with Crippen LogP contribution in [0, 0.1) is 10.5 Å². The smallest absolute Gasteiger partial charge is 0.476 e. The van der Waals surface area contributed by atoms with E-state index in [2.05, 4.69) is 34.7 Å². The number of nitrogen functional groups attached to an aromatic ring is 1. The van der Waals surface area contributed by atoms with Gasteiger partial charge in [0.05, 0.1) is 35.4 Å². The van der Waals surface area contributed by atoms with Crippen LogP contribution in [0.15, 0.2) is 29.2 Å². The van der Waals surface area contributed by atoms with Crippen molar-refractivity contribution in [1.29, 1.82) is 0 Å². The van der Waals surface area contributed by atoms with Gasteiger partial charge in [0.25, 0.3) is 0 Å². The SMILES string of the molecule is COC(=O)c1ccc(I)cc1S(=O)(=O)[N-]C(=O)Nc1nc(C)nc(OC)n1.Nc1cc(Cl)nc(C(=O)O)c1Cl.[Na+]. The maximum atomic E-state index is 12.5. The van der Waals surface area contributed by atoms with Crippen LogP contribution in [-0.4, -0.2) is 65.6 Å². The summed E-state index contributed by atoms with van der Waals surface area (Å²) in [5.41, 5.74) is 4.87. The number of rotatable bonds is 6. The number of benzene rings is 1. The minimum atomic E-state index is -4.51. The number of carboxylic acid groups (broad SMARTS) is 1. The average Bonchev–Trinajstić information content (AvgIpc) is 2.85. The van der Waals surface area contributed by atoms with Gasteiger partial charge in [0.2, 0.25) is 10.0 Å². The Balaban J connectivity index is 0.000000516. The normalized spacial score (nSPS) is 10.2. The number of nitrogens with zero attached hydrogens (tertiary/aromatic N) is 5. The second kappa shape index (κ2) is 15.5. The summed E-state index contributed by atoms with van der Waals surface area (Å²) < 4.78 is 38.1. The first-order valence-corrected chi connectivity index (χ1v) is 13.2. The Kier molecular flexibility index (Phi) is 13.7. The van der Waals surface area contributed by atoms with E-state index >= 15 is 0 Å². The summed E-state index contributed by atoms with van der Waals surface area (Å²) in [4.78, 5) is 48.8. The van der Waals surface area contributed by atoms with E-state index in [1.54, 1.807) is 0 Å².